The molecule has 0 spiro atoms. The van der Waals surface area contributed by atoms with E-state index >= 15 is 0 Å². The maximum absolute atomic E-state index is 13.1. The minimum absolute atomic E-state index is 0.178. The molecule has 5 aromatic carbocycles. The Labute approximate surface area is 412 Å². The van der Waals surface area contributed by atoms with Gasteiger partial charge in [0.05, 0.1) is 21.9 Å². The molecule has 366 valence electrons. The zero-order chi connectivity index (χ0) is 50.8. The number of benzene rings is 5. The lowest BCUT2D eigenvalue weighted by Crippen LogP contribution is -2.26. The Morgan fingerprint density at radius 2 is 0.857 bits per heavy atom. The molecule has 2 N–H and O–H groups in total. The third kappa shape index (κ3) is 15.9. The molecule has 70 heavy (non-hydrogen) atoms. The van der Waals surface area contributed by atoms with Crippen molar-refractivity contribution >= 4 is 78.6 Å². The van der Waals surface area contributed by atoms with E-state index in [4.69, 9.17) is 0 Å². The van der Waals surface area contributed by atoms with Crippen LogP contribution in [0.5, 0.6) is 0 Å². The summed E-state index contributed by atoms with van der Waals surface area (Å²) < 4.78 is 66.8. The summed E-state index contributed by atoms with van der Waals surface area (Å²) in [6.07, 6.45) is 19.7. The second-order valence-corrected chi connectivity index (χ2v) is 19.2. The van der Waals surface area contributed by atoms with Gasteiger partial charge in [-0.15, -0.1) is 0 Å². The molecule has 0 fully saturated rings. The topological polar surface area (TPSA) is 185 Å². The first-order chi connectivity index (χ1) is 33.4. The number of aryl methyl sites for hydroxylation is 2. The number of hydrogen-bond donors (Lipinski definition) is 2. The third-order valence-electron chi connectivity index (χ3n) is 10.9. The van der Waals surface area contributed by atoms with Crippen LogP contribution in [0.3, 0.4) is 0 Å². The van der Waals surface area contributed by atoms with Crippen LogP contribution in [0.4, 0.5) is 34.1 Å². The van der Waals surface area contributed by atoms with Crippen LogP contribution in [0, 0.1) is 13.8 Å². The number of anilines is 6. The van der Waals surface area contributed by atoms with Crippen molar-refractivity contribution in [1.82, 2.24) is 0 Å². The quantitative estimate of drug-likeness (QED) is 0.0548. The number of nitrogens with zero attached hydrogens (tertiary/aromatic N) is 4. The van der Waals surface area contributed by atoms with E-state index < -0.39 is 20.2 Å². The van der Waals surface area contributed by atoms with E-state index in [0.29, 0.717) is 22.7 Å². The van der Waals surface area contributed by atoms with Gasteiger partial charge in [0.2, 0.25) is 0 Å². The van der Waals surface area contributed by atoms with Gasteiger partial charge in [0.15, 0.2) is 12.4 Å². The summed E-state index contributed by atoms with van der Waals surface area (Å²) in [4.78, 5) is 29.1. The summed E-state index contributed by atoms with van der Waals surface area (Å²) >= 11 is 0. The molecule has 0 bridgehead atoms. The second-order valence-electron chi connectivity index (χ2n) is 16.4. The summed E-state index contributed by atoms with van der Waals surface area (Å²) in [5.41, 5.74) is 6.54. The summed E-state index contributed by atoms with van der Waals surface area (Å²) in [6, 6.07) is 34.9. The lowest BCUT2D eigenvalue weighted by Gasteiger charge is -2.25. The molecular weight excluding hydrogens is 925 g/mol. The van der Waals surface area contributed by atoms with Crippen molar-refractivity contribution in [2.45, 2.75) is 75.3 Å². The molecule has 2 amide bonds. The molecule has 7 rings (SSSR count). The highest BCUT2D eigenvalue weighted by molar-refractivity contribution is 7.86. The highest BCUT2D eigenvalue weighted by Gasteiger charge is 2.21. The smallest absolute Gasteiger partial charge is 0.254 e. The van der Waals surface area contributed by atoms with E-state index in [1.54, 1.807) is 34.1 Å². The zero-order valence-corrected chi connectivity index (χ0v) is 41.5. The number of nitrogens with one attached hydrogen (secondary N) is 2. The molecule has 2 aliphatic rings. The average Bonchev–Trinajstić information content (AvgIpc) is 3.34. The van der Waals surface area contributed by atoms with Gasteiger partial charge in [0.1, 0.15) is 45.8 Å². The van der Waals surface area contributed by atoms with Crippen LogP contribution in [-0.2, 0) is 29.8 Å². The molecule has 0 radical (unpaired) electrons. The van der Waals surface area contributed by atoms with Crippen LogP contribution in [-0.4, -0.2) is 84.5 Å². The Hall–Kier alpha value is -7.24. The van der Waals surface area contributed by atoms with Gasteiger partial charge in [-0.05, 0) is 123 Å². The monoisotopic (exact) mass is 984 g/mol. The SMILES string of the molecule is C=CC(=O)N(c1ccc(NC2C=C[N+](CCC)=CC2)cc1)c1ccc(N(C(=O)C=C)c2ccc(NC3C=C[N+](CCC)=CC3)cc2)cc1.Cc1ccc(S(=O)(=O)[O-])cc1.Cc1ccc(S(=O)(=O)[O-])cc1. The molecule has 14 nitrogen and oxygen atoms in total. The van der Waals surface area contributed by atoms with Crippen molar-refractivity contribution in [2.24, 2.45) is 0 Å². The van der Waals surface area contributed by atoms with Gasteiger partial charge in [-0.3, -0.25) is 19.4 Å². The van der Waals surface area contributed by atoms with Crippen molar-refractivity contribution in [1.29, 1.82) is 0 Å². The molecule has 2 aliphatic heterocycles. The van der Waals surface area contributed by atoms with Gasteiger partial charge in [-0.2, -0.15) is 0 Å². The highest BCUT2D eigenvalue weighted by atomic mass is 32.2. The fourth-order valence-electron chi connectivity index (χ4n) is 7.26. The summed E-state index contributed by atoms with van der Waals surface area (Å²) in [6.45, 7) is 17.5. The molecule has 0 saturated heterocycles. The molecule has 16 heteroatoms. The van der Waals surface area contributed by atoms with Gasteiger partial charge in [-0.25, -0.2) is 26.0 Å². The predicted molar refractivity (Wildman–Crippen MR) is 278 cm³/mol. The van der Waals surface area contributed by atoms with Gasteiger partial charge in [-0.1, -0.05) is 62.4 Å². The molecule has 0 aliphatic carbocycles. The number of carbonyl (C=O) groups is 2. The van der Waals surface area contributed by atoms with E-state index in [-0.39, 0.29) is 33.7 Å². The molecule has 2 atom stereocenters. The van der Waals surface area contributed by atoms with E-state index in [1.807, 2.05) is 86.6 Å². The Balaban J connectivity index is 0.000000338. The van der Waals surface area contributed by atoms with Gasteiger partial charge < -0.3 is 19.7 Å². The zero-order valence-electron chi connectivity index (χ0n) is 39.8. The molecule has 2 heterocycles. The molecule has 0 aromatic heterocycles. The number of hydrogen-bond acceptors (Lipinski definition) is 10. The van der Waals surface area contributed by atoms with Crippen LogP contribution < -0.4 is 20.4 Å². The standard InChI is InChI=1S/C40H46N6O2.2C7H8O3S/c1-5-25-43-27-21-33(22-28-43)41-31-9-13-35(14-10-31)45(39(47)7-3)37-17-19-38(20-18-37)46(40(48)8-4)36-15-11-32(12-16-36)42-34-23-29-44(26-6-2)30-24-34;2*1-6-2-4-7(5-3-6)11(8,9)10/h7-21,23,27-30,33-34,41-42H,3-6,22,24-26H2,1-2H3;2*2-5H,1H3,(H,8,9,10)/q+2;;/p-2. The second kappa shape index (κ2) is 25.4. The predicted octanol–water partition coefficient (Wildman–Crippen LogP) is 9.57. The van der Waals surface area contributed by atoms with E-state index in [1.165, 1.54) is 36.4 Å². The first-order valence-corrected chi connectivity index (χ1v) is 25.6. The lowest BCUT2D eigenvalue weighted by atomic mass is 10.1. The van der Waals surface area contributed by atoms with Crippen molar-refractivity contribution < 1.29 is 44.7 Å². The largest absolute Gasteiger partial charge is 0.744 e. The first-order valence-electron chi connectivity index (χ1n) is 22.8. The molecular formula is C54H60N6O8S2. The van der Waals surface area contributed by atoms with E-state index in [9.17, 15) is 35.5 Å². The molecule has 0 saturated carbocycles. The lowest BCUT2D eigenvalue weighted by molar-refractivity contribution is -0.455. The fourth-order valence-corrected chi connectivity index (χ4v) is 8.20. The highest BCUT2D eigenvalue weighted by Crippen LogP contribution is 2.33. The Bertz CT molecular complexity index is 2730. The van der Waals surface area contributed by atoms with E-state index in [0.717, 1.165) is 61.3 Å². The summed E-state index contributed by atoms with van der Waals surface area (Å²) in [5, 5.41) is 7.10. The number of carbonyl (C=O) groups excluding carboxylic acids is 2. The van der Waals surface area contributed by atoms with Crippen molar-refractivity contribution in [3.63, 3.8) is 0 Å². The van der Waals surface area contributed by atoms with Crippen molar-refractivity contribution in [3.8, 4) is 0 Å². The van der Waals surface area contributed by atoms with Crippen LogP contribution in [0.25, 0.3) is 0 Å². The maximum Gasteiger partial charge on any atom is 0.254 e. The van der Waals surface area contributed by atoms with Crippen LogP contribution >= 0.6 is 0 Å². The molecule has 5 aromatic rings. The fraction of sp³-hybridized carbons (Fsp3) is 0.222. The van der Waals surface area contributed by atoms with Crippen molar-refractivity contribution in [2.75, 3.05) is 33.5 Å². The van der Waals surface area contributed by atoms with Crippen LogP contribution in [0.2, 0.25) is 0 Å². The van der Waals surface area contributed by atoms with Crippen molar-refractivity contribution in [3.05, 3.63) is 182 Å². The molecule has 2 unspecified atom stereocenters. The first kappa shape index (κ1) is 53.7. The Kier molecular flexibility index (Phi) is 19.5. The van der Waals surface area contributed by atoms with Crippen LogP contribution in [0.15, 0.2) is 181 Å². The normalized spacial score (nSPS) is 15.1. The summed E-state index contributed by atoms with van der Waals surface area (Å²) in [7, 11) is -8.54. The van der Waals surface area contributed by atoms with Gasteiger partial charge in [0.25, 0.3) is 11.8 Å². The Morgan fingerprint density at radius 3 is 1.10 bits per heavy atom. The third-order valence-corrected chi connectivity index (χ3v) is 12.6. The Morgan fingerprint density at radius 1 is 0.557 bits per heavy atom. The minimum atomic E-state index is -4.27. The van der Waals surface area contributed by atoms with E-state index in [2.05, 4.69) is 83.8 Å². The van der Waals surface area contributed by atoms with Gasteiger partial charge in [0, 0.05) is 72.0 Å². The summed E-state index contributed by atoms with van der Waals surface area (Å²) in [5.74, 6) is -0.509. The van der Waals surface area contributed by atoms with Crippen LogP contribution in [0.1, 0.15) is 50.7 Å². The average molecular weight is 985 g/mol. The number of amides is 2. The minimum Gasteiger partial charge on any atom is -0.744 e. The maximum atomic E-state index is 13.1. The van der Waals surface area contributed by atoms with Gasteiger partial charge >= 0.3 is 0 Å². The number of rotatable bonds is 16.